The molecule has 2 heterocycles. The maximum atomic E-state index is 10.6. The fraction of sp³-hybridized carbons (Fsp3) is 0.500. The molecule has 17 heavy (non-hydrogen) atoms. The topological polar surface area (TPSA) is 80.1 Å². The van der Waals surface area contributed by atoms with Crippen LogP contribution in [0.15, 0.2) is 16.7 Å². The third-order valence-electron chi connectivity index (χ3n) is 2.83. The average molecular weight is 301 g/mol. The first-order valence-corrected chi connectivity index (χ1v) is 6.08. The molecular weight excluding hydrogens is 288 g/mol. The summed E-state index contributed by atoms with van der Waals surface area (Å²) in [5.74, 6) is 0.641. The van der Waals surface area contributed by atoms with E-state index in [2.05, 4.69) is 38.5 Å². The summed E-state index contributed by atoms with van der Waals surface area (Å²) in [5.41, 5.74) is -0.0665. The summed E-state index contributed by atoms with van der Waals surface area (Å²) in [6, 6.07) is 1.46. The van der Waals surface area contributed by atoms with Gasteiger partial charge in [0.1, 0.15) is 12.0 Å². The lowest BCUT2D eigenvalue weighted by Gasteiger charge is -2.25. The molecule has 1 fully saturated rings. The van der Waals surface area contributed by atoms with Crippen molar-refractivity contribution in [1.29, 1.82) is 0 Å². The van der Waals surface area contributed by atoms with Gasteiger partial charge in [0.15, 0.2) is 0 Å². The minimum atomic E-state index is -0.458. The number of hydrogen-bond donors (Lipinski definition) is 2. The number of hydrogen-bond acceptors (Lipinski definition) is 5. The first-order chi connectivity index (χ1) is 8.00. The van der Waals surface area contributed by atoms with Crippen LogP contribution < -0.4 is 10.6 Å². The second-order valence-corrected chi connectivity index (χ2v) is 5.25. The van der Waals surface area contributed by atoms with Crippen molar-refractivity contribution in [1.82, 2.24) is 10.3 Å². The molecule has 7 heteroatoms. The van der Waals surface area contributed by atoms with E-state index in [1.165, 1.54) is 12.3 Å². The van der Waals surface area contributed by atoms with Gasteiger partial charge in [0.05, 0.1) is 9.40 Å². The molecule has 0 radical (unpaired) electrons. The van der Waals surface area contributed by atoms with Gasteiger partial charge in [-0.2, -0.15) is 0 Å². The van der Waals surface area contributed by atoms with Gasteiger partial charge in [0, 0.05) is 18.2 Å². The van der Waals surface area contributed by atoms with Crippen LogP contribution in [0.1, 0.15) is 13.3 Å². The molecule has 0 saturated carbocycles. The van der Waals surface area contributed by atoms with E-state index < -0.39 is 4.92 Å². The van der Waals surface area contributed by atoms with Crippen LogP contribution in [0.2, 0.25) is 0 Å². The quantitative estimate of drug-likeness (QED) is 0.658. The Morgan fingerprint density at radius 1 is 1.71 bits per heavy atom. The predicted octanol–water partition coefficient (Wildman–Crippen LogP) is 1.92. The van der Waals surface area contributed by atoms with Gasteiger partial charge in [-0.15, -0.1) is 0 Å². The molecule has 0 spiro atoms. The highest BCUT2D eigenvalue weighted by atomic mass is 79.9. The molecule has 1 atom stereocenters. The van der Waals surface area contributed by atoms with Crippen molar-refractivity contribution < 1.29 is 4.92 Å². The Kier molecular flexibility index (Phi) is 3.30. The van der Waals surface area contributed by atoms with Crippen LogP contribution in [0.5, 0.6) is 0 Å². The van der Waals surface area contributed by atoms with Crippen molar-refractivity contribution in [2.75, 3.05) is 18.4 Å². The number of aromatic nitrogens is 1. The molecule has 6 nitrogen and oxygen atoms in total. The highest BCUT2D eigenvalue weighted by molar-refractivity contribution is 9.10. The SMILES string of the molecule is CC1(Nc2ncc([N+](=O)[O-])cc2Br)CCNC1. The molecule has 1 aromatic rings. The summed E-state index contributed by atoms with van der Waals surface area (Å²) >= 11 is 3.30. The largest absolute Gasteiger partial charge is 0.363 e. The Morgan fingerprint density at radius 2 is 2.47 bits per heavy atom. The lowest BCUT2D eigenvalue weighted by atomic mass is 10.0. The van der Waals surface area contributed by atoms with Gasteiger partial charge in [-0.05, 0) is 35.8 Å². The molecular formula is C10H13BrN4O2. The summed E-state index contributed by atoms with van der Waals surface area (Å²) < 4.78 is 0.611. The molecule has 1 saturated heterocycles. The van der Waals surface area contributed by atoms with E-state index >= 15 is 0 Å². The lowest BCUT2D eigenvalue weighted by Crippen LogP contribution is -2.37. The highest BCUT2D eigenvalue weighted by Crippen LogP contribution is 2.28. The van der Waals surface area contributed by atoms with E-state index in [1.807, 2.05) is 0 Å². The van der Waals surface area contributed by atoms with E-state index in [0.29, 0.717) is 10.3 Å². The van der Waals surface area contributed by atoms with Gasteiger partial charge in [-0.1, -0.05) is 0 Å². The van der Waals surface area contributed by atoms with Crippen molar-refractivity contribution in [3.8, 4) is 0 Å². The van der Waals surface area contributed by atoms with Gasteiger partial charge in [0.2, 0.25) is 0 Å². The second-order valence-electron chi connectivity index (χ2n) is 4.39. The van der Waals surface area contributed by atoms with Crippen molar-refractivity contribution >= 4 is 27.4 Å². The number of anilines is 1. The molecule has 0 bridgehead atoms. The van der Waals surface area contributed by atoms with Crippen molar-refractivity contribution in [2.24, 2.45) is 0 Å². The number of rotatable bonds is 3. The highest BCUT2D eigenvalue weighted by Gasteiger charge is 2.29. The Labute approximate surface area is 107 Å². The summed E-state index contributed by atoms with van der Waals surface area (Å²) in [5, 5.41) is 17.2. The minimum absolute atomic E-state index is 0.0166. The molecule has 1 aliphatic heterocycles. The van der Waals surface area contributed by atoms with E-state index in [4.69, 9.17) is 0 Å². The Hall–Kier alpha value is -1.21. The second kappa shape index (κ2) is 4.58. The Balaban J connectivity index is 2.19. The molecule has 0 aromatic carbocycles. The van der Waals surface area contributed by atoms with Crippen LogP contribution in [0.25, 0.3) is 0 Å². The zero-order valence-electron chi connectivity index (χ0n) is 9.36. The predicted molar refractivity (Wildman–Crippen MR) is 68.1 cm³/mol. The van der Waals surface area contributed by atoms with Gasteiger partial charge < -0.3 is 10.6 Å². The summed E-state index contributed by atoms with van der Waals surface area (Å²) in [6.45, 7) is 3.93. The number of halogens is 1. The van der Waals surface area contributed by atoms with Crippen LogP contribution in [-0.2, 0) is 0 Å². The molecule has 0 amide bonds. The Bertz CT molecular complexity index is 446. The molecule has 1 aliphatic rings. The van der Waals surface area contributed by atoms with Crippen molar-refractivity contribution in [2.45, 2.75) is 18.9 Å². The van der Waals surface area contributed by atoms with E-state index in [9.17, 15) is 10.1 Å². The van der Waals surface area contributed by atoms with E-state index in [0.717, 1.165) is 19.5 Å². The molecule has 1 unspecified atom stereocenters. The van der Waals surface area contributed by atoms with Crippen LogP contribution in [0.4, 0.5) is 11.5 Å². The summed E-state index contributed by atoms with van der Waals surface area (Å²) in [4.78, 5) is 14.2. The number of nitrogens with one attached hydrogen (secondary N) is 2. The smallest absolute Gasteiger partial charge is 0.288 e. The van der Waals surface area contributed by atoms with E-state index in [-0.39, 0.29) is 11.2 Å². The van der Waals surface area contributed by atoms with Crippen LogP contribution in [0, 0.1) is 10.1 Å². The normalized spacial score (nSPS) is 23.6. The number of nitro groups is 1. The standard InChI is InChI=1S/C10H13BrN4O2/c1-10(2-3-12-6-10)14-9-8(11)4-7(5-13-9)15(16)17/h4-5,12H,2-3,6H2,1H3,(H,13,14). The zero-order valence-corrected chi connectivity index (χ0v) is 11.0. The first kappa shape index (κ1) is 12.3. The summed E-state index contributed by atoms with van der Waals surface area (Å²) in [6.07, 6.45) is 2.26. The van der Waals surface area contributed by atoms with Crippen molar-refractivity contribution in [3.05, 3.63) is 26.9 Å². The lowest BCUT2D eigenvalue weighted by molar-refractivity contribution is -0.385. The zero-order chi connectivity index (χ0) is 12.5. The maximum absolute atomic E-state index is 10.6. The fourth-order valence-corrected chi connectivity index (χ4v) is 2.27. The summed E-state index contributed by atoms with van der Waals surface area (Å²) in [7, 11) is 0. The Morgan fingerprint density at radius 3 is 3.00 bits per heavy atom. The monoisotopic (exact) mass is 300 g/mol. The molecule has 92 valence electrons. The van der Waals surface area contributed by atoms with Gasteiger partial charge >= 0.3 is 0 Å². The first-order valence-electron chi connectivity index (χ1n) is 5.29. The number of nitrogens with zero attached hydrogens (tertiary/aromatic N) is 2. The van der Waals surface area contributed by atoms with Crippen molar-refractivity contribution in [3.63, 3.8) is 0 Å². The van der Waals surface area contributed by atoms with Crippen LogP contribution in [-0.4, -0.2) is 28.5 Å². The van der Waals surface area contributed by atoms with Gasteiger partial charge in [-0.25, -0.2) is 4.98 Å². The minimum Gasteiger partial charge on any atom is -0.363 e. The maximum Gasteiger partial charge on any atom is 0.288 e. The van der Waals surface area contributed by atoms with Crippen LogP contribution >= 0.6 is 15.9 Å². The van der Waals surface area contributed by atoms with E-state index in [1.54, 1.807) is 0 Å². The number of pyridine rings is 1. The average Bonchev–Trinajstić information content (AvgIpc) is 2.68. The third-order valence-corrected chi connectivity index (χ3v) is 3.43. The molecule has 1 aromatic heterocycles. The van der Waals surface area contributed by atoms with Gasteiger partial charge in [0.25, 0.3) is 5.69 Å². The molecule has 0 aliphatic carbocycles. The third kappa shape index (κ3) is 2.73. The van der Waals surface area contributed by atoms with Crippen LogP contribution in [0.3, 0.4) is 0 Å². The molecule has 2 rings (SSSR count). The molecule has 2 N–H and O–H groups in total. The fourth-order valence-electron chi connectivity index (χ4n) is 1.83. The van der Waals surface area contributed by atoms with Gasteiger partial charge in [-0.3, -0.25) is 10.1 Å².